The molecule has 1 aromatic heterocycles. The molecule has 0 saturated carbocycles. The molecular weight excluding hydrogens is 252 g/mol. The number of aromatic nitrogens is 1. The van der Waals surface area contributed by atoms with Gasteiger partial charge in [0.05, 0.1) is 7.11 Å². The topological polar surface area (TPSA) is 54.4 Å². The molecule has 4 heteroatoms. The van der Waals surface area contributed by atoms with Crippen molar-refractivity contribution >= 4 is 16.6 Å². The molecular formula is C16H22N2O2. The third-order valence-electron chi connectivity index (χ3n) is 3.36. The number of nitrogens with one attached hydrogen (secondary N) is 1. The number of ether oxygens (including phenoxy) is 1. The smallest absolute Gasteiger partial charge is 0.133 e. The van der Waals surface area contributed by atoms with E-state index >= 15 is 0 Å². The van der Waals surface area contributed by atoms with Crippen molar-refractivity contribution in [3.63, 3.8) is 0 Å². The van der Waals surface area contributed by atoms with Gasteiger partial charge in [-0.15, -0.1) is 0 Å². The molecule has 0 spiro atoms. The fourth-order valence-corrected chi connectivity index (χ4v) is 2.29. The lowest BCUT2D eigenvalue weighted by molar-refractivity contribution is 0.283. The Morgan fingerprint density at radius 1 is 1.10 bits per heavy atom. The number of hydrogen-bond acceptors (Lipinski definition) is 4. The minimum absolute atomic E-state index is 0.290. The van der Waals surface area contributed by atoms with E-state index in [1.807, 2.05) is 18.2 Å². The monoisotopic (exact) mass is 274 g/mol. The lowest BCUT2D eigenvalue weighted by Crippen LogP contribution is -2.04. The van der Waals surface area contributed by atoms with Crippen LogP contribution in [0.1, 0.15) is 25.7 Å². The number of unbranched alkanes of at least 4 members (excludes halogenated alkanes) is 3. The van der Waals surface area contributed by atoms with Gasteiger partial charge in [-0.1, -0.05) is 25.0 Å². The fourth-order valence-electron chi connectivity index (χ4n) is 2.29. The summed E-state index contributed by atoms with van der Waals surface area (Å²) in [7, 11) is 1.68. The van der Waals surface area contributed by atoms with E-state index in [2.05, 4.69) is 16.4 Å². The van der Waals surface area contributed by atoms with Crippen molar-refractivity contribution in [2.75, 3.05) is 25.6 Å². The zero-order valence-electron chi connectivity index (χ0n) is 11.9. The van der Waals surface area contributed by atoms with Gasteiger partial charge in [-0.2, -0.15) is 0 Å². The Kier molecular flexibility index (Phi) is 5.62. The minimum Gasteiger partial charge on any atom is -0.496 e. The summed E-state index contributed by atoms with van der Waals surface area (Å²) >= 11 is 0. The first-order chi connectivity index (χ1) is 9.86. The maximum atomic E-state index is 8.73. The maximum absolute atomic E-state index is 8.73. The molecule has 0 fully saturated rings. The molecule has 1 heterocycles. The summed E-state index contributed by atoms with van der Waals surface area (Å²) in [6, 6.07) is 7.97. The largest absolute Gasteiger partial charge is 0.496 e. The zero-order chi connectivity index (χ0) is 14.2. The molecule has 2 rings (SSSR count). The van der Waals surface area contributed by atoms with Crippen LogP contribution in [0.25, 0.3) is 10.8 Å². The first-order valence-corrected chi connectivity index (χ1v) is 7.13. The highest BCUT2D eigenvalue weighted by Crippen LogP contribution is 2.28. The standard InChI is InChI=1S/C16H22N2O2/c1-20-15-8-6-7-14-13(15)9-11-18-16(14)17-10-4-2-3-5-12-19/h6-9,11,19H,2-5,10,12H2,1H3,(H,17,18). The molecule has 0 bridgehead atoms. The summed E-state index contributed by atoms with van der Waals surface area (Å²) < 4.78 is 5.37. The van der Waals surface area contributed by atoms with E-state index in [0.29, 0.717) is 0 Å². The molecule has 108 valence electrons. The van der Waals surface area contributed by atoms with Gasteiger partial charge in [0.25, 0.3) is 0 Å². The first-order valence-electron chi connectivity index (χ1n) is 7.13. The van der Waals surface area contributed by atoms with Gasteiger partial charge in [-0.3, -0.25) is 0 Å². The second-order valence-electron chi connectivity index (χ2n) is 4.78. The fraction of sp³-hybridized carbons (Fsp3) is 0.438. The number of pyridine rings is 1. The van der Waals surface area contributed by atoms with Crippen molar-refractivity contribution in [3.05, 3.63) is 30.5 Å². The number of methoxy groups -OCH3 is 1. The quantitative estimate of drug-likeness (QED) is 0.726. The van der Waals surface area contributed by atoms with Crippen molar-refractivity contribution < 1.29 is 9.84 Å². The van der Waals surface area contributed by atoms with E-state index in [1.165, 1.54) is 0 Å². The second kappa shape index (κ2) is 7.70. The Bertz CT molecular complexity index is 543. The van der Waals surface area contributed by atoms with Crippen LogP contribution in [0.4, 0.5) is 5.82 Å². The van der Waals surface area contributed by atoms with Crippen LogP contribution in [0.3, 0.4) is 0 Å². The Labute approximate surface area is 119 Å². The van der Waals surface area contributed by atoms with Crippen LogP contribution in [0, 0.1) is 0 Å². The van der Waals surface area contributed by atoms with Gasteiger partial charge in [-0.25, -0.2) is 4.98 Å². The number of anilines is 1. The van der Waals surface area contributed by atoms with Crippen LogP contribution in [0.2, 0.25) is 0 Å². The molecule has 0 atom stereocenters. The van der Waals surface area contributed by atoms with Crippen LogP contribution in [0.15, 0.2) is 30.5 Å². The lowest BCUT2D eigenvalue weighted by Gasteiger charge is -2.10. The maximum Gasteiger partial charge on any atom is 0.133 e. The van der Waals surface area contributed by atoms with Crippen LogP contribution < -0.4 is 10.1 Å². The van der Waals surface area contributed by atoms with Gasteiger partial charge in [0.1, 0.15) is 11.6 Å². The lowest BCUT2D eigenvalue weighted by atomic mass is 10.1. The molecule has 2 aromatic rings. The van der Waals surface area contributed by atoms with Crippen LogP contribution in [-0.2, 0) is 0 Å². The van der Waals surface area contributed by atoms with Gasteiger partial charge >= 0.3 is 0 Å². The highest BCUT2D eigenvalue weighted by molar-refractivity contribution is 5.95. The molecule has 0 saturated heterocycles. The van der Waals surface area contributed by atoms with Crippen molar-refractivity contribution in [3.8, 4) is 5.75 Å². The summed E-state index contributed by atoms with van der Waals surface area (Å²) in [5.74, 6) is 1.78. The molecule has 20 heavy (non-hydrogen) atoms. The summed E-state index contributed by atoms with van der Waals surface area (Å²) in [5, 5.41) is 14.3. The molecule has 0 aliphatic heterocycles. The van der Waals surface area contributed by atoms with E-state index in [4.69, 9.17) is 9.84 Å². The molecule has 0 amide bonds. The predicted octanol–water partition coefficient (Wildman–Crippen LogP) is 3.21. The van der Waals surface area contributed by atoms with E-state index in [1.54, 1.807) is 13.3 Å². The van der Waals surface area contributed by atoms with Gasteiger partial charge < -0.3 is 15.2 Å². The van der Waals surface area contributed by atoms with Crippen molar-refractivity contribution in [1.29, 1.82) is 0 Å². The summed E-state index contributed by atoms with van der Waals surface area (Å²) in [5.41, 5.74) is 0. The number of benzene rings is 1. The van der Waals surface area contributed by atoms with E-state index in [0.717, 1.165) is 54.6 Å². The average Bonchev–Trinajstić information content (AvgIpc) is 2.50. The van der Waals surface area contributed by atoms with E-state index in [-0.39, 0.29) is 6.61 Å². The highest BCUT2D eigenvalue weighted by atomic mass is 16.5. The summed E-state index contributed by atoms with van der Waals surface area (Å²) in [4.78, 5) is 4.41. The normalized spacial score (nSPS) is 10.7. The van der Waals surface area contributed by atoms with Gasteiger partial charge in [-0.05, 0) is 25.0 Å². The summed E-state index contributed by atoms with van der Waals surface area (Å²) in [6.07, 6.45) is 5.99. The number of hydrogen-bond donors (Lipinski definition) is 2. The first kappa shape index (κ1) is 14.6. The third-order valence-corrected chi connectivity index (χ3v) is 3.36. The molecule has 2 N–H and O–H groups in total. The van der Waals surface area contributed by atoms with Gasteiger partial charge in [0, 0.05) is 30.1 Å². The number of fused-ring (bicyclic) bond motifs is 1. The van der Waals surface area contributed by atoms with Gasteiger partial charge in [0.2, 0.25) is 0 Å². The molecule has 0 radical (unpaired) electrons. The Morgan fingerprint density at radius 2 is 1.95 bits per heavy atom. The van der Waals surface area contributed by atoms with E-state index in [9.17, 15) is 0 Å². The molecule has 4 nitrogen and oxygen atoms in total. The number of nitrogens with zero attached hydrogens (tertiary/aromatic N) is 1. The third kappa shape index (κ3) is 3.61. The average molecular weight is 274 g/mol. The highest BCUT2D eigenvalue weighted by Gasteiger charge is 2.05. The molecule has 0 unspecified atom stereocenters. The van der Waals surface area contributed by atoms with Crippen molar-refractivity contribution in [2.24, 2.45) is 0 Å². The number of aliphatic hydroxyl groups is 1. The minimum atomic E-state index is 0.290. The van der Waals surface area contributed by atoms with Crippen LogP contribution >= 0.6 is 0 Å². The number of rotatable bonds is 8. The number of aliphatic hydroxyl groups excluding tert-OH is 1. The summed E-state index contributed by atoms with van der Waals surface area (Å²) in [6.45, 7) is 1.19. The SMILES string of the molecule is COc1cccc2c(NCCCCCCO)nccc12. The Balaban J connectivity index is 2.00. The second-order valence-corrected chi connectivity index (χ2v) is 4.78. The predicted molar refractivity (Wildman–Crippen MR) is 82.3 cm³/mol. The Morgan fingerprint density at radius 3 is 2.75 bits per heavy atom. The van der Waals surface area contributed by atoms with E-state index < -0.39 is 0 Å². The molecule has 1 aromatic carbocycles. The zero-order valence-corrected chi connectivity index (χ0v) is 11.9. The molecule has 0 aliphatic rings. The van der Waals surface area contributed by atoms with Gasteiger partial charge in [0.15, 0.2) is 0 Å². The molecule has 0 aliphatic carbocycles. The Hall–Kier alpha value is -1.81. The van der Waals surface area contributed by atoms with Crippen molar-refractivity contribution in [2.45, 2.75) is 25.7 Å². The van der Waals surface area contributed by atoms with Crippen LogP contribution in [-0.4, -0.2) is 30.4 Å². The van der Waals surface area contributed by atoms with Crippen LogP contribution in [0.5, 0.6) is 5.75 Å². The van der Waals surface area contributed by atoms with Crippen molar-refractivity contribution in [1.82, 2.24) is 4.98 Å².